The third-order valence-electron chi connectivity index (χ3n) is 5.11. The molecule has 0 bridgehead atoms. The molecule has 1 aromatic rings. The second-order valence-corrected chi connectivity index (χ2v) is 7.91. The van der Waals surface area contributed by atoms with Crippen LogP contribution in [0.2, 0.25) is 0 Å². The summed E-state index contributed by atoms with van der Waals surface area (Å²) in [6.45, 7) is 7.01. The molecule has 2 aliphatic heterocycles. The first-order chi connectivity index (χ1) is 11.1. The molecule has 0 radical (unpaired) electrons. The molecule has 6 heteroatoms. The molecule has 1 atom stereocenters. The normalized spacial score (nSPS) is 24.7. The summed E-state index contributed by atoms with van der Waals surface area (Å²) in [4.78, 5) is 21.9. The number of aromatic nitrogens is 1. The van der Waals surface area contributed by atoms with E-state index in [-0.39, 0.29) is 11.8 Å². The van der Waals surface area contributed by atoms with Gasteiger partial charge in [-0.05, 0) is 59.3 Å². The summed E-state index contributed by atoms with van der Waals surface area (Å²) in [5.41, 5.74) is 1.03. The zero-order valence-corrected chi connectivity index (χ0v) is 15.1. The van der Waals surface area contributed by atoms with Crippen LogP contribution < -0.4 is 5.32 Å². The van der Waals surface area contributed by atoms with Gasteiger partial charge in [0.2, 0.25) is 5.91 Å². The van der Waals surface area contributed by atoms with Crippen LogP contribution in [0, 0.1) is 12.8 Å². The molecule has 0 aliphatic carbocycles. The van der Waals surface area contributed by atoms with Crippen molar-refractivity contribution in [2.75, 3.05) is 33.2 Å². The fourth-order valence-electron chi connectivity index (χ4n) is 3.70. The van der Waals surface area contributed by atoms with Gasteiger partial charge in [0.25, 0.3) is 0 Å². The Balaban J connectivity index is 1.48. The topological polar surface area (TPSA) is 48.5 Å². The Kier molecular flexibility index (Phi) is 5.67. The number of carbonyl (C=O) groups is 1. The van der Waals surface area contributed by atoms with Crippen molar-refractivity contribution in [1.29, 1.82) is 0 Å². The number of amides is 1. The first-order valence-electron chi connectivity index (χ1n) is 8.73. The van der Waals surface area contributed by atoms with Gasteiger partial charge >= 0.3 is 0 Å². The van der Waals surface area contributed by atoms with Crippen LogP contribution in [0.3, 0.4) is 0 Å². The number of thiazole rings is 1. The van der Waals surface area contributed by atoms with Crippen molar-refractivity contribution in [2.24, 2.45) is 5.92 Å². The van der Waals surface area contributed by atoms with E-state index < -0.39 is 0 Å². The second-order valence-electron chi connectivity index (χ2n) is 6.97. The van der Waals surface area contributed by atoms with Crippen LogP contribution in [0.4, 0.5) is 0 Å². The maximum atomic E-state index is 12.5. The molecule has 1 aromatic heterocycles. The van der Waals surface area contributed by atoms with Crippen molar-refractivity contribution in [2.45, 2.75) is 45.2 Å². The maximum Gasteiger partial charge on any atom is 0.224 e. The molecule has 1 amide bonds. The van der Waals surface area contributed by atoms with Gasteiger partial charge in [-0.1, -0.05) is 0 Å². The molecular formula is C17H28N4OS. The van der Waals surface area contributed by atoms with Gasteiger partial charge in [-0.15, -0.1) is 11.3 Å². The van der Waals surface area contributed by atoms with Gasteiger partial charge in [0, 0.05) is 23.7 Å². The first-order valence-corrected chi connectivity index (χ1v) is 9.61. The highest BCUT2D eigenvalue weighted by Gasteiger charge is 2.31. The van der Waals surface area contributed by atoms with Gasteiger partial charge < -0.3 is 10.2 Å². The van der Waals surface area contributed by atoms with Crippen molar-refractivity contribution in [3.8, 4) is 0 Å². The minimum absolute atomic E-state index is 0.143. The van der Waals surface area contributed by atoms with E-state index in [9.17, 15) is 4.79 Å². The van der Waals surface area contributed by atoms with Crippen molar-refractivity contribution in [3.63, 3.8) is 0 Å². The van der Waals surface area contributed by atoms with Crippen molar-refractivity contribution in [1.82, 2.24) is 20.1 Å². The van der Waals surface area contributed by atoms with Crippen LogP contribution in [-0.4, -0.2) is 60.0 Å². The molecule has 23 heavy (non-hydrogen) atoms. The number of hydrogen-bond acceptors (Lipinski definition) is 5. The average Bonchev–Trinajstić information content (AvgIpc) is 2.99. The second kappa shape index (κ2) is 7.73. The van der Waals surface area contributed by atoms with Crippen LogP contribution in [0.25, 0.3) is 0 Å². The molecule has 3 heterocycles. The maximum absolute atomic E-state index is 12.5. The number of likely N-dealkylation sites (tertiary alicyclic amines) is 2. The Morgan fingerprint density at radius 2 is 2.13 bits per heavy atom. The highest BCUT2D eigenvalue weighted by Crippen LogP contribution is 2.23. The molecule has 5 nitrogen and oxygen atoms in total. The molecule has 3 rings (SSSR count). The number of hydrogen-bond donors (Lipinski definition) is 1. The van der Waals surface area contributed by atoms with E-state index in [0.717, 1.165) is 36.6 Å². The number of aryl methyl sites for hydroxylation is 1. The fourth-order valence-corrected chi connectivity index (χ4v) is 4.41. The SMILES string of the molecule is Cc1csc(CNC(=O)C2CCCN(C3CCN(C)CC3)C2)n1. The van der Waals surface area contributed by atoms with Crippen molar-refractivity contribution >= 4 is 17.2 Å². The number of carbonyl (C=O) groups excluding carboxylic acids is 1. The van der Waals surface area contributed by atoms with Crippen LogP contribution in [0.1, 0.15) is 36.4 Å². The van der Waals surface area contributed by atoms with E-state index in [1.165, 1.54) is 25.9 Å². The Hall–Kier alpha value is -0.980. The lowest BCUT2D eigenvalue weighted by Gasteiger charge is -2.41. The van der Waals surface area contributed by atoms with Crippen molar-refractivity contribution in [3.05, 3.63) is 16.1 Å². The lowest BCUT2D eigenvalue weighted by atomic mass is 9.93. The minimum Gasteiger partial charge on any atom is -0.349 e. The Morgan fingerprint density at radius 1 is 1.35 bits per heavy atom. The quantitative estimate of drug-likeness (QED) is 0.912. The average molecular weight is 337 g/mol. The molecule has 0 aromatic carbocycles. The summed E-state index contributed by atoms with van der Waals surface area (Å²) in [5, 5.41) is 6.12. The van der Waals surface area contributed by atoms with Gasteiger partial charge in [0.15, 0.2) is 0 Å². The standard InChI is InChI=1S/C17H28N4OS/c1-13-12-23-16(19-13)10-18-17(22)14-4-3-7-21(11-14)15-5-8-20(2)9-6-15/h12,14-15H,3-11H2,1-2H3,(H,18,22). The lowest BCUT2D eigenvalue weighted by Crippen LogP contribution is -2.50. The number of nitrogens with zero attached hydrogens (tertiary/aromatic N) is 3. The molecule has 2 aliphatic rings. The zero-order valence-electron chi connectivity index (χ0n) is 14.3. The molecule has 1 unspecified atom stereocenters. The molecule has 2 fully saturated rings. The third-order valence-corrected chi connectivity index (χ3v) is 6.08. The smallest absolute Gasteiger partial charge is 0.224 e. The van der Waals surface area contributed by atoms with Gasteiger partial charge in [-0.3, -0.25) is 9.69 Å². The molecule has 128 valence electrons. The Morgan fingerprint density at radius 3 is 2.83 bits per heavy atom. The summed E-state index contributed by atoms with van der Waals surface area (Å²) < 4.78 is 0. The van der Waals surface area contributed by atoms with Gasteiger partial charge in [-0.2, -0.15) is 0 Å². The van der Waals surface area contributed by atoms with Gasteiger partial charge in [0.1, 0.15) is 5.01 Å². The van der Waals surface area contributed by atoms with E-state index >= 15 is 0 Å². The summed E-state index contributed by atoms with van der Waals surface area (Å²) in [7, 11) is 2.20. The van der Waals surface area contributed by atoms with Crippen LogP contribution in [0.5, 0.6) is 0 Å². The summed E-state index contributed by atoms with van der Waals surface area (Å²) >= 11 is 1.62. The molecule has 0 spiro atoms. The predicted molar refractivity (Wildman–Crippen MR) is 93.5 cm³/mol. The summed E-state index contributed by atoms with van der Waals surface area (Å²) in [6, 6.07) is 0.670. The largest absolute Gasteiger partial charge is 0.349 e. The monoisotopic (exact) mass is 336 g/mol. The van der Waals surface area contributed by atoms with E-state index in [2.05, 4.69) is 27.1 Å². The minimum atomic E-state index is 0.143. The van der Waals surface area contributed by atoms with E-state index in [1.54, 1.807) is 11.3 Å². The van der Waals surface area contributed by atoms with Crippen molar-refractivity contribution < 1.29 is 4.79 Å². The van der Waals surface area contributed by atoms with E-state index in [4.69, 9.17) is 0 Å². The molecule has 1 N–H and O–H groups in total. The van der Waals surface area contributed by atoms with Crippen LogP contribution >= 0.6 is 11.3 Å². The Labute approximate surface area is 143 Å². The van der Waals surface area contributed by atoms with E-state index in [1.807, 2.05) is 12.3 Å². The molecule has 0 saturated carbocycles. The van der Waals surface area contributed by atoms with E-state index in [0.29, 0.717) is 12.6 Å². The predicted octanol–water partition coefficient (Wildman–Crippen LogP) is 1.87. The third kappa shape index (κ3) is 4.52. The number of rotatable bonds is 4. The zero-order chi connectivity index (χ0) is 16.2. The Bertz CT molecular complexity index is 524. The van der Waals surface area contributed by atoms with Gasteiger partial charge in [0.05, 0.1) is 12.5 Å². The summed E-state index contributed by atoms with van der Waals surface area (Å²) in [5.74, 6) is 0.347. The highest BCUT2D eigenvalue weighted by atomic mass is 32.1. The summed E-state index contributed by atoms with van der Waals surface area (Å²) in [6.07, 6.45) is 4.64. The lowest BCUT2D eigenvalue weighted by molar-refractivity contribution is -0.127. The van der Waals surface area contributed by atoms with Crippen LogP contribution in [-0.2, 0) is 11.3 Å². The first kappa shape index (κ1) is 16.9. The van der Waals surface area contributed by atoms with Crippen LogP contribution in [0.15, 0.2) is 5.38 Å². The number of nitrogens with one attached hydrogen (secondary N) is 1. The highest BCUT2D eigenvalue weighted by molar-refractivity contribution is 7.09. The van der Waals surface area contributed by atoms with Gasteiger partial charge in [-0.25, -0.2) is 4.98 Å². The number of piperidine rings is 2. The molecular weight excluding hydrogens is 308 g/mol. The fraction of sp³-hybridized carbons (Fsp3) is 0.765. The molecule has 2 saturated heterocycles.